The lowest BCUT2D eigenvalue weighted by Crippen LogP contribution is -2.54. The number of nitrogens with one attached hydrogen (secondary N) is 1. The first-order valence-electron chi connectivity index (χ1n) is 27.2. The fraction of sp³-hybridized carbons (Fsp3) is 0.875. The molecule has 0 bridgehead atoms. The maximum atomic E-state index is 11.4. The summed E-state index contributed by atoms with van der Waals surface area (Å²) >= 11 is 0. The smallest absolute Gasteiger partial charge is 0.306 e. The van der Waals surface area contributed by atoms with Gasteiger partial charge >= 0.3 is 5.97 Å². The number of hydrogen-bond acceptors (Lipinski definition) is 9. The second kappa shape index (κ2) is 30.5. The number of likely N-dealkylation sites (tertiary alicyclic amines) is 5. The summed E-state index contributed by atoms with van der Waals surface area (Å²) < 4.78 is 4.82. The van der Waals surface area contributed by atoms with Gasteiger partial charge in [0, 0.05) is 106 Å². The molecule has 3 atom stereocenters. The van der Waals surface area contributed by atoms with Gasteiger partial charge in [-0.2, -0.15) is 0 Å². The van der Waals surface area contributed by atoms with Crippen LogP contribution in [0.4, 0.5) is 0 Å². The predicted molar refractivity (Wildman–Crippen MR) is 283 cm³/mol. The lowest BCUT2D eigenvalue weighted by molar-refractivity contribution is -0.150. The number of piperidine rings is 3. The first-order chi connectivity index (χ1) is 32.3. The van der Waals surface area contributed by atoms with E-state index in [9.17, 15) is 33.6 Å². The van der Waals surface area contributed by atoms with Gasteiger partial charge in [-0.3, -0.25) is 38.5 Å². The van der Waals surface area contributed by atoms with Gasteiger partial charge in [0.1, 0.15) is 5.78 Å². The molecule has 0 aliphatic carbocycles. The standard InChI is InChI=1S/2C9H17NO.2C8H15NO.C8H14O2.2C7H13NO/c1-7-5-6-8(11)10(7)9(2,3)4;1-9(2,3)10-7-5-4-6-8(10)11;1-6(2)7-3-4-9-8(10)5-7;1-7(2)9-5-3-4-8(10)6-9;1-6(2)7-3-4-10-8(9)5-7;1-7(2,3)8-5-4-6(8)9;1-6(2)8-5-3-4-7(8)9/h7H,5-6H2,1-4H3;4-7H2,1-3H3;6-7H,3-5H2,1-2H3,(H,9,10);7H,3-6H2,1-2H3;6-7H,3-5H2,1-2H3;4-5H2,1-3H3;6H,3-5H2,1-2H3. The number of ketones is 1. The lowest BCUT2D eigenvalue weighted by atomic mass is 9.87. The van der Waals surface area contributed by atoms with Gasteiger partial charge in [0.25, 0.3) is 0 Å². The number of hydrogen-bond donors (Lipinski definition) is 1. The fourth-order valence-corrected chi connectivity index (χ4v) is 9.57. The van der Waals surface area contributed by atoms with Gasteiger partial charge in [-0.25, -0.2) is 0 Å². The van der Waals surface area contributed by atoms with Crippen LogP contribution in [0.25, 0.3) is 0 Å². The largest absolute Gasteiger partial charge is 0.466 e. The zero-order valence-electron chi connectivity index (χ0n) is 47.9. The Kier molecular flexibility index (Phi) is 28.1. The molecule has 5 amide bonds. The first-order valence-corrected chi connectivity index (χ1v) is 27.2. The van der Waals surface area contributed by atoms with E-state index >= 15 is 0 Å². The molecule has 70 heavy (non-hydrogen) atoms. The molecule has 0 saturated carbocycles. The van der Waals surface area contributed by atoms with Crippen LogP contribution >= 0.6 is 0 Å². The Labute approximate surface area is 426 Å². The van der Waals surface area contributed by atoms with Crippen molar-refractivity contribution < 1.29 is 38.3 Å². The Hall–Kier alpha value is -3.55. The molecule has 7 aliphatic rings. The van der Waals surface area contributed by atoms with Crippen molar-refractivity contribution >= 4 is 41.3 Å². The van der Waals surface area contributed by atoms with Crippen molar-refractivity contribution in [3.8, 4) is 0 Å². The zero-order chi connectivity index (χ0) is 53.7. The van der Waals surface area contributed by atoms with Crippen LogP contribution in [0, 0.1) is 23.7 Å². The number of carbonyl (C=O) groups is 7. The molecule has 7 rings (SSSR count). The molecule has 1 N–H and O–H groups in total. The Morgan fingerprint density at radius 2 is 1.07 bits per heavy atom. The predicted octanol–water partition coefficient (Wildman–Crippen LogP) is 9.45. The van der Waals surface area contributed by atoms with Crippen molar-refractivity contribution in [1.29, 1.82) is 0 Å². The van der Waals surface area contributed by atoms with Gasteiger partial charge in [-0.1, -0.05) is 27.7 Å². The van der Waals surface area contributed by atoms with Gasteiger partial charge in [0.05, 0.1) is 13.2 Å². The van der Waals surface area contributed by atoms with E-state index in [-0.39, 0.29) is 28.5 Å². The van der Waals surface area contributed by atoms with Crippen LogP contribution in [0.2, 0.25) is 0 Å². The van der Waals surface area contributed by atoms with Crippen LogP contribution in [-0.2, 0) is 38.3 Å². The van der Waals surface area contributed by atoms with Gasteiger partial charge < -0.3 is 29.7 Å². The van der Waals surface area contributed by atoms with Crippen molar-refractivity contribution in [3.63, 3.8) is 0 Å². The number of amides is 5. The maximum Gasteiger partial charge on any atom is 0.306 e. The highest BCUT2D eigenvalue weighted by Gasteiger charge is 2.36. The van der Waals surface area contributed by atoms with Crippen LogP contribution < -0.4 is 5.32 Å². The molecule has 0 radical (unpaired) electrons. The Morgan fingerprint density at radius 1 is 0.529 bits per heavy atom. The van der Waals surface area contributed by atoms with Gasteiger partial charge in [-0.15, -0.1) is 0 Å². The van der Waals surface area contributed by atoms with Gasteiger partial charge in [0.2, 0.25) is 29.5 Å². The summed E-state index contributed by atoms with van der Waals surface area (Å²) in [4.78, 5) is 87.1. The molecular weight excluding hydrogens is 885 g/mol. The molecule has 7 heterocycles. The first kappa shape index (κ1) is 64.5. The van der Waals surface area contributed by atoms with E-state index in [0.717, 1.165) is 110 Å². The van der Waals surface area contributed by atoms with E-state index in [1.165, 1.54) is 6.42 Å². The number of cyclic esters (lactones) is 1. The monoisotopic (exact) mass is 989 g/mol. The quantitative estimate of drug-likeness (QED) is 0.214. The highest BCUT2D eigenvalue weighted by atomic mass is 16.5. The van der Waals surface area contributed by atoms with Crippen LogP contribution in [-0.4, -0.2) is 146 Å². The number of carbonyl (C=O) groups excluding carboxylic acids is 7. The molecule has 14 heteroatoms. The molecule has 7 aliphatic heterocycles. The number of Topliss-reactive ketones (excluding diaryl/α,β-unsaturated/α-hetero) is 1. The highest BCUT2D eigenvalue weighted by molar-refractivity contribution is 5.82. The SMILES string of the molecule is CC(C)(C)N1CCC1=O.CC(C)(C)N1CCCCC1=O.CC(C)C1CCNC(=O)C1.CC(C)C1CCOC(=O)C1.CC(C)N1CCCC(=O)C1.CC(C)N1CCCC1=O.CC1CCC(=O)N1C(C)(C)C. The molecule has 406 valence electrons. The average molecular weight is 989 g/mol. The van der Waals surface area contributed by atoms with Crippen molar-refractivity contribution in [2.45, 2.75) is 249 Å². The summed E-state index contributed by atoms with van der Waals surface area (Å²) in [5.74, 6) is 4.31. The van der Waals surface area contributed by atoms with E-state index in [2.05, 4.69) is 135 Å². The van der Waals surface area contributed by atoms with Crippen molar-refractivity contribution in [3.05, 3.63) is 0 Å². The molecule has 0 aromatic rings. The number of nitrogens with zero attached hydrogens (tertiary/aromatic N) is 5. The summed E-state index contributed by atoms with van der Waals surface area (Å²) in [6.45, 7) is 44.1. The minimum atomic E-state index is -0.0232. The van der Waals surface area contributed by atoms with E-state index < -0.39 is 0 Å². The van der Waals surface area contributed by atoms with E-state index in [1.807, 2.05) is 19.6 Å². The average Bonchev–Trinajstić information content (AvgIpc) is 3.84. The second-order valence-electron chi connectivity index (χ2n) is 24.5. The number of rotatable bonds is 4. The van der Waals surface area contributed by atoms with Gasteiger partial charge in [0.15, 0.2) is 0 Å². The molecule has 7 saturated heterocycles. The lowest BCUT2D eigenvalue weighted by Gasteiger charge is -2.42. The number of ether oxygens (including phenoxy) is 1. The van der Waals surface area contributed by atoms with Crippen molar-refractivity contribution in [2.75, 3.05) is 45.9 Å². The molecule has 0 aromatic carbocycles. The topological polar surface area (TPSA) is 157 Å². The Bertz CT molecular complexity index is 1560. The summed E-state index contributed by atoms with van der Waals surface area (Å²) in [6.07, 6.45) is 12.7. The molecule has 14 nitrogen and oxygen atoms in total. The minimum absolute atomic E-state index is 0.00694. The summed E-state index contributed by atoms with van der Waals surface area (Å²) in [6, 6.07) is 1.37. The number of β-lactam (4-membered cyclic amide) rings is 1. The van der Waals surface area contributed by atoms with Crippen molar-refractivity contribution in [1.82, 2.24) is 29.8 Å². The molecule has 3 unspecified atom stereocenters. The molecule has 0 spiro atoms. The molecule has 7 fully saturated rings. The van der Waals surface area contributed by atoms with Crippen LogP contribution in [0.3, 0.4) is 0 Å². The Morgan fingerprint density at radius 3 is 1.36 bits per heavy atom. The van der Waals surface area contributed by atoms with E-state index in [0.29, 0.717) is 90.8 Å². The Balaban J connectivity index is 0.000000409. The summed E-state index contributed by atoms with van der Waals surface area (Å²) in [7, 11) is 0. The van der Waals surface area contributed by atoms with Crippen LogP contribution in [0.1, 0.15) is 215 Å². The summed E-state index contributed by atoms with van der Waals surface area (Å²) in [5.41, 5.74) is 0.0832. The van der Waals surface area contributed by atoms with Crippen LogP contribution in [0.5, 0.6) is 0 Å². The zero-order valence-corrected chi connectivity index (χ0v) is 47.9. The molecule has 0 aromatic heterocycles. The van der Waals surface area contributed by atoms with Crippen molar-refractivity contribution in [2.24, 2.45) is 23.7 Å². The fourth-order valence-electron chi connectivity index (χ4n) is 9.57. The third-order valence-electron chi connectivity index (χ3n) is 14.1. The third kappa shape index (κ3) is 24.2. The maximum absolute atomic E-state index is 11.4. The van der Waals surface area contributed by atoms with Gasteiger partial charge in [-0.05, 0) is 172 Å². The second-order valence-corrected chi connectivity index (χ2v) is 24.5. The van der Waals surface area contributed by atoms with E-state index in [1.54, 1.807) is 0 Å². The van der Waals surface area contributed by atoms with E-state index in [4.69, 9.17) is 4.74 Å². The van der Waals surface area contributed by atoms with Crippen LogP contribution in [0.15, 0.2) is 0 Å². The minimum Gasteiger partial charge on any atom is -0.466 e. The highest BCUT2D eigenvalue weighted by Crippen LogP contribution is 2.27. The molecular formula is C56H104N6O8. The number of esters is 1. The summed E-state index contributed by atoms with van der Waals surface area (Å²) in [5, 5.41) is 2.83. The normalized spacial score (nSPS) is 23.3. The third-order valence-corrected chi connectivity index (χ3v) is 14.1.